The van der Waals surface area contributed by atoms with Gasteiger partial charge < -0.3 is 28.9 Å². The highest BCUT2D eigenvalue weighted by atomic mass is 127. The van der Waals surface area contributed by atoms with Crippen molar-refractivity contribution in [2.24, 2.45) is 24.3 Å². The molecule has 0 amide bonds. The first-order valence-electron chi connectivity index (χ1n) is 9.95. The van der Waals surface area contributed by atoms with E-state index in [1.54, 1.807) is 0 Å². The Hall–Kier alpha value is -3.00. The van der Waals surface area contributed by atoms with E-state index in [1.807, 2.05) is 64.6 Å². The van der Waals surface area contributed by atoms with Gasteiger partial charge in [0.05, 0.1) is 14.1 Å². The molecule has 0 aliphatic rings. The van der Waals surface area contributed by atoms with Crippen LogP contribution < -0.4 is 33.4 Å². The van der Waals surface area contributed by atoms with Crippen molar-refractivity contribution in [3.05, 3.63) is 84.9 Å². The third kappa shape index (κ3) is 4.69. The van der Waals surface area contributed by atoms with Gasteiger partial charge >= 0.3 is 5.95 Å². The van der Waals surface area contributed by atoms with E-state index >= 15 is 0 Å². The van der Waals surface area contributed by atoms with Crippen LogP contribution in [0.1, 0.15) is 0 Å². The van der Waals surface area contributed by atoms with Crippen molar-refractivity contribution >= 4 is 17.3 Å². The predicted octanol–water partition coefficient (Wildman–Crippen LogP) is 2.67. The van der Waals surface area contributed by atoms with Gasteiger partial charge in [-0.25, -0.2) is 9.13 Å². The Balaban J connectivity index is 0.00000272. The Morgan fingerprint density at radius 1 is 0.742 bits per heavy atom. The molecule has 31 heavy (non-hydrogen) atoms. The Bertz CT molecular complexity index is 1100. The number of nitrogens with zero attached hydrogens (tertiary/aromatic N) is 5. The molecule has 0 bridgehead atoms. The molecule has 0 aliphatic heterocycles. The standard InChI is InChI=1S/C25H26N5.HI/c1-28(2)22-17-15-21(16-18-22)26-27-25-29(3)23(19-11-7-5-8-12-19)24(30(25)4)20-13-9-6-10-14-20;/h5-18H,1-4H3;1H/q+1;/p-1. The minimum absolute atomic E-state index is 0. The first-order chi connectivity index (χ1) is 14.6. The summed E-state index contributed by atoms with van der Waals surface area (Å²) in [6.07, 6.45) is 0. The minimum Gasteiger partial charge on any atom is -1.00 e. The molecule has 1 aromatic heterocycles. The van der Waals surface area contributed by atoms with Gasteiger partial charge in [-0.1, -0.05) is 65.8 Å². The molecule has 0 radical (unpaired) electrons. The molecule has 0 spiro atoms. The normalized spacial score (nSPS) is 10.8. The van der Waals surface area contributed by atoms with Crippen molar-refractivity contribution in [2.75, 3.05) is 19.0 Å². The summed E-state index contributed by atoms with van der Waals surface area (Å²) in [6, 6.07) is 28.9. The maximum absolute atomic E-state index is 4.62. The molecule has 5 nitrogen and oxygen atoms in total. The summed E-state index contributed by atoms with van der Waals surface area (Å²) in [5.41, 5.74) is 6.47. The highest BCUT2D eigenvalue weighted by molar-refractivity contribution is 5.77. The van der Waals surface area contributed by atoms with Crippen LogP contribution in [-0.2, 0) is 14.1 Å². The average molecular weight is 523 g/mol. The lowest BCUT2D eigenvalue weighted by Crippen LogP contribution is -3.00. The largest absolute Gasteiger partial charge is 1.00 e. The van der Waals surface area contributed by atoms with Crippen molar-refractivity contribution in [1.82, 2.24) is 4.57 Å². The van der Waals surface area contributed by atoms with E-state index in [0.29, 0.717) is 0 Å². The first-order valence-corrected chi connectivity index (χ1v) is 9.95. The monoisotopic (exact) mass is 523 g/mol. The van der Waals surface area contributed by atoms with E-state index in [-0.39, 0.29) is 24.0 Å². The third-order valence-corrected chi connectivity index (χ3v) is 5.21. The molecule has 1 heterocycles. The number of benzene rings is 3. The number of rotatable bonds is 5. The van der Waals surface area contributed by atoms with Gasteiger partial charge in [0.2, 0.25) is 0 Å². The van der Waals surface area contributed by atoms with Crippen LogP contribution >= 0.6 is 0 Å². The van der Waals surface area contributed by atoms with Crippen LogP contribution in [0.15, 0.2) is 95.2 Å². The van der Waals surface area contributed by atoms with Crippen LogP contribution in [0.3, 0.4) is 0 Å². The van der Waals surface area contributed by atoms with Crippen LogP contribution in [0.5, 0.6) is 0 Å². The summed E-state index contributed by atoms with van der Waals surface area (Å²) in [4.78, 5) is 2.07. The van der Waals surface area contributed by atoms with Gasteiger partial charge in [0.25, 0.3) is 0 Å². The summed E-state index contributed by atoms with van der Waals surface area (Å²) in [7, 11) is 8.13. The maximum atomic E-state index is 4.62. The average Bonchev–Trinajstić information content (AvgIpc) is 3.03. The molecule has 4 rings (SSSR count). The molecule has 0 N–H and O–H groups in total. The van der Waals surface area contributed by atoms with E-state index in [2.05, 4.69) is 72.8 Å². The smallest absolute Gasteiger partial charge is 0.422 e. The summed E-state index contributed by atoms with van der Waals surface area (Å²) < 4.78 is 4.21. The number of imidazole rings is 1. The van der Waals surface area contributed by atoms with Crippen LogP contribution in [-0.4, -0.2) is 18.7 Å². The van der Waals surface area contributed by atoms with E-state index < -0.39 is 0 Å². The fraction of sp³-hybridized carbons (Fsp3) is 0.160. The van der Waals surface area contributed by atoms with Crippen LogP contribution in [0.25, 0.3) is 22.5 Å². The highest BCUT2D eigenvalue weighted by Crippen LogP contribution is 2.33. The van der Waals surface area contributed by atoms with E-state index in [0.717, 1.165) is 39.8 Å². The highest BCUT2D eigenvalue weighted by Gasteiger charge is 2.27. The fourth-order valence-corrected chi connectivity index (χ4v) is 3.65. The Labute approximate surface area is 200 Å². The quantitative estimate of drug-likeness (QED) is 0.225. The summed E-state index contributed by atoms with van der Waals surface area (Å²) in [5, 5.41) is 9.12. The van der Waals surface area contributed by atoms with E-state index in [4.69, 9.17) is 0 Å². The molecule has 0 saturated carbocycles. The van der Waals surface area contributed by atoms with Gasteiger partial charge in [-0.05, 0) is 24.3 Å². The molecular formula is C25H26IN5. The number of hydrogen-bond acceptors (Lipinski definition) is 3. The Morgan fingerprint density at radius 2 is 1.29 bits per heavy atom. The lowest BCUT2D eigenvalue weighted by molar-refractivity contribution is -0.646. The van der Waals surface area contributed by atoms with Gasteiger partial charge in [-0.3, -0.25) is 0 Å². The Kier molecular flexibility index (Phi) is 7.22. The SMILES string of the molecule is CN(C)c1ccc(N=Nc2n(C)c(-c3ccccc3)c(-c3ccccc3)[n+]2C)cc1.[I-]. The molecular weight excluding hydrogens is 497 g/mol. The van der Waals surface area contributed by atoms with E-state index in [9.17, 15) is 0 Å². The topological polar surface area (TPSA) is 36.8 Å². The second kappa shape index (κ2) is 9.87. The Morgan fingerprint density at radius 3 is 1.84 bits per heavy atom. The number of hydrogen-bond donors (Lipinski definition) is 0. The molecule has 0 fully saturated rings. The molecule has 0 aliphatic carbocycles. The first kappa shape index (κ1) is 22.7. The van der Waals surface area contributed by atoms with Crippen molar-refractivity contribution in [1.29, 1.82) is 0 Å². The van der Waals surface area contributed by atoms with Gasteiger partial charge in [0, 0.05) is 36.0 Å². The molecule has 3 aromatic carbocycles. The second-order valence-corrected chi connectivity index (χ2v) is 7.46. The van der Waals surface area contributed by atoms with Crippen LogP contribution in [0.2, 0.25) is 0 Å². The fourth-order valence-electron chi connectivity index (χ4n) is 3.65. The third-order valence-electron chi connectivity index (χ3n) is 5.21. The molecule has 0 saturated heterocycles. The lowest BCUT2D eigenvalue weighted by Gasteiger charge is -2.11. The molecule has 4 aromatic rings. The van der Waals surface area contributed by atoms with Gasteiger partial charge in [0.15, 0.2) is 0 Å². The number of azo groups is 1. The minimum atomic E-state index is 0. The summed E-state index contributed by atoms with van der Waals surface area (Å²) in [5.74, 6) is 0.782. The van der Waals surface area contributed by atoms with Gasteiger partial charge in [-0.15, -0.1) is 0 Å². The molecule has 158 valence electrons. The lowest BCUT2D eigenvalue weighted by atomic mass is 10.0. The summed E-state index contributed by atoms with van der Waals surface area (Å²) >= 11 is 0. The van der Waals surface area contributed by atoms with Crippen molar-refractivity contribution in [2.45, 2.75) is 0 Å². The maximum Gasteiger partial charge on any atom is 0.422 e. The van der Waals surface area contributed by atoms with E-state index in [1.165, 1.54) is 0 Å². The number of aromatic nitrogens is 2. The van der Waals surface area contributed by atoms with Crippen LogP contribution in [0.4, 0.5) is 17.3 Å². The molecule has 0 unspecified atom stereocenters. The summed E-state index contributed by atoms with van der Waals surface area (Å²) in [6.45, 7) is 0. The predicted molar refractivity (Wildman–Crippen MR) is 122 cm³/mol. The van der Waals surface area contributed by atoms with Gasteiger partial charge in [-0.2, -0.15) is 0 Å². The zero-order chi connectivity index (χ0) is 21.1. The molecule has 6 heteroatoms. The van der Waals surface area contributed by atoms with Crippen molar-refractivity contribution < 1.29 is 28.5 Å². The zero-order valence-corrected chi connectivity index (χ0v) is 20.4. The van der Waals surface area contributed by atoms with Crippen molar-refractivity contribution in [3.8, 4) is 22.5 Å². The second-order valence-electron chi connectivity index (χ2n) is 7.46. The molecule has 0 atom stereocenters. The zero-order valence-electron chi connectivity index (χ0n) is 18.2. The van der Waals surface area contributed by atoms with Crippen molar-refractivity contribution in [3.63, 3.8) is 0 Å². The van der Waals surface area contributed by atoms with Crippen LogP contribution in [0, 0.1) is 0 Å². The number of halogens is 1. The number of anilines is 1. The van der Waals surface area contributed by atoms with Gasteiger partial charge in [0.1, 0.15) is 17.1 Å².